The molecule has 1 heterocycles. The average Bonchev–Trinajstić information content (AvgIpc) is 2.83. The third kappa shape index (κ3) is 4.04. The Morgan fingerprint density at radius 3 is 2.95 bits per heavy atom. The normalized spacial score (nSPS) is 12.6. The zero-order valence-electron chi connectivity index (χ0n) is 11.2. The van der Waals surface area contributed by atoms with E-state index in [1.54, 1.807) is 0 Å². The Morgan fingerprint density at radius 1 is 1.42 bits per heavy atom. The lowest BCUT2D eigenvalue weighted by atomic mass is 10.1. The van der Waals surface area contributed by atoms with E-state index in [1.165, 1.54) is 0 Å². The molecule has 0 aliphatic carbocycles. The fraction of sp³-hybridized carbons (Fsp3) is 0.429. The van der Waals surface area contributed by atoms with Crippen LogP contribution in [-0.2, 0) is 12.8 Å². The minimum absolute atomic E-state index is 0.375. The first-order valence-corrected chi connectivity index (χ1v) is 6.82. The molecule has 4 nitrogen and oxygen atoms in total. The van der Waals surface area contributed by atoms with E-state index in [0.717, 1.165) is 23.4 Å². The Hall–Kier alpha value is -1.39. The number of nitrogens with zero attached hydrogens (tertiary/aromatic N) is 2. The van der Waals surface area contributed by atoms with E-state index in [9.17, 15) is 0 Å². The smallest absolute Gasteiger partial charge is 0.228 e. The second kappa shape index (κ2) is 6.68. The van der Waals surface area contributed by atoms with Crippen molar-refractivity contribution in [2.24, 2.45) is 0 Å². The summed E-state index contributed by atoms with van der Waals surface area (Å²) in [6.07, 6.45) is 2.43. The lowest BCUT2D eigenvalue weighted by Crippen LogP contribution is -2.26. The molecule has 0 aliphatic rings. The minimum Gasteiger partial charge on any atom is -0.339 e. The van der Waals surface area contributed by atoms with Crippen LogP contribution in [0.3, 0.4) is 0 Å². The molecule has 1 aromatic carbocycles. The maximum atomic E-state index is 5.95. The second-order valence-electron chi connectivity index (χ2n) is 4.51. The quantitative estimate of drug-likeness (QED) is 0.883. The van der Waals surface area contributed by atoms with E-state index >= 15 is 0 Å². The largest absolute Gasteiger partial charge is 0.339 e. The highest BCUT2D eigenvalue weighted by molar-refractivity contribution is 6.30. The molecule has 0 radical (unpaired) electrons. The molecule has 0 aliphatic heterocycles. The predicted octanol–water partition coefficient (Wildman–Crippen LogP) is 2.85. The molecule has 0 bridgehead atoms. The molecular formula is C14H18ClN3O. The SMILES string of the molecule is CCC(Cc1nc(Cc2cccc(Cl)c2)no1)NC. The van der Waals surface area contributed by atoms with Crippen molar-refractivity contribution in [2.75, 3.05) is 7.05 Å². The van der Waals surface area contributed by atoms with Gasteiger partial charge >= 0.3 is 0 Å². The van der Waals surface area contributed by atoms with Crippen molar-refractivity contribution in [3.63, 3.8) is 0 Å². The van der Waals surface area contributed by atoms with Crippen molar-refractivity contribution in [2.45, 2.75) is 32.2 Å². The fourth-order valence-electron chi connectivity index (χ4n) is 1.94. The van der Waals surface area contributed by atoms with Gasteiger partial charge < -0.3 is 9.84 Å². The van der Waals surface area contributed by atoms with E-state index in [2.05, 4.69) is 22.4 Å². The van der Waals surface area contributed by atoms with Gasteiger partial charge in [-0.1, -0.05) is 35.8 Å². The van der Waals surface area contributed by atoms with Gasteiger partial charge in [0.25, 0.3) is 0 Å². The summed E-state index contributed by atoms with van der Waals surface area (Å²) < 4.78 is 5.27. The van der Waals surface area contributed by atoms with E-state index in [1.807, 2.05) is 31.3 Å². The molecular weight excluding hydrogens is 262 g/mol. The van der Waals surface area contributed by atoms with Gasteiger partial charge in [-0.2, -0.15) is 4.98 Å². The molecule has 19 heavy (non-hydrogen) atoms. The molecule has 0 saturated carbocycles. The van der Waals surface area contributed by atoms with E-state index in [0.29, 0.717) is 24.2 Å². The Morgan fingerprint density at radius 2 is 2.26 bits per heavy atom. The molecule has 1 aromatic heterocycles. The van der Waals surface area contributed by atoms with Crippen molar-refractivity contribution in [3.05, 3.63) is 46.6 Å². The van der Waals surface area contributed by atoms with Gasteiger partial charge in [0.05, 0.1) is 0 Å². The number of hydrogen-bond donors (Lipinski definition) is 1. The summed E-state index contributed by atoms with van der Waals surface area (Å²) in [6, 6.07) is 8.07. The number of rotatable bonds is 6. The van der Waals surface area contributed by atoms with Crippen molar-refractivity contribution >= 4 is 11.6 Å². The predicted molar refractivity (Wildman–Crippen MR) is 75.4 cm³/mol. The molecule has 0 saturated heterocycles. The standard InChI is InChI=1S/C14H18ClN3O/c1-3-12(16-2)9-14-17-13(18-19-14)8-10-5-4-6-11(15)7-10/h4-7,12,16H,3,8-9H2,1-2H3. The number of aromatic nitrogens is 2. The van der Waals surface area contributed by atoms with Gasteiger partial charge in [-0.05, 0) is 31.2 Å². The second-order valence-corrected chi connectivity index (χ2v) is 4.95. The Balaban J connectivity index is 2.01. The van der Waals surface area contributed by atoms with Crippen LogP contribution in [0.5, 0.6) is 0 Å². The van der Waals surface area contributed by atoms with Crippen molar-refractivity contribution in [1.29, 1.82) is 0 Å². The molecule has 1 atom stereocenters. The molecule has 0 spiro atoms. The van der Waals surface area contributed by atoms with Crippen LogP contribution in [0.4, 0.5) is 0 Å². The minimum atomic E-state index is 0.375. The highest BCUT2D eigenvalue weighted by atomic mass is 35.5. The monoisotopic (exact) mass is 279 g/mol. The highest BCUT2D eigenvalue weighted by Crippen LogP contribution is 2.14. The van der Waals surface area contributed by atoms with Gasteiger partial charge in [-0.25, -0.2) is 0 Å². The van der Waals surface area contributed by atoms with Crippen LogP contribution < -0.4 is 5.32 Å². The number of likely N-dealkylation sites (N-methyl/N-ethyl adjacent to an activating group) is 1. The summed E-state index contributed by atoms with van der Waals surface area (Å²) in [7, 11) is 1.94. The lowest BCUT2D eigenvalue weighted by Gasteiger charge is -2.09. The van der Waals surface area contributed by atoms with Gasteiger partial charge in [0.1, 0.15) is 0 Å². The fourth-order valence-corrected chi connectivity index (χ4v) is 2.15. The van der Waals surface area contributed by atoms with E-state index in [4.69, 9.17) is 16.1 Å². The van der Waals surface area contributed by atoms with Crippen LogP contribution in [0.2, 0.25) is 5.02 Å². The molecule has 0 amide bonds. The number of hydrogen-bond acceptors (Lipinski definition) is 4. The van der Waals surface area contributed by atoms with Crippen LogP contribution in [0.25, 0.3) is 0 Å². The third-order valence-electron chi connectivity index (χ3n) is 3.08. The lowest BCUT2D eigenvalue weighted by molar-refractivity contribution is 0.355. The first-order valence-electron chi connectivity index (χ1n) is 6.44. The summed E-state index contributed by atoms with van der Waals surface area (Å²) >= 11 is 5.95. The molecule has 2 aromatic rings. The zero-order valence-corrected chi connectivity index (χ0v) is 11.9. The summed E-state index contributed by atoms with van der Waals surface area (Å²) in [6.45, 7) is 2.13. The first kappa shape index (κ1) is 14.0. The van der Waals surface area contributed by atoms with Crippen LogP contribution in [0.1, 0.15) is 30.6 Å². The summed E-state index contributed by atoms with van der Waals surface area (Å²) in [5.74, 6) is 1.38. The van der Waals surface area contributed by atoms with Gasteiger partial charge in [-0.3, -0.25) is 0 Å². The molecule has 0 fully saturated rings. The Kier molecular flexibility index (Phi) is 4.93. The van der Waals surface area contributed by atoms with Crippen LogP contribution >= 0.6 is 11.6 Å². The molecule has 5 heteroatoms. The molecule has 102 valence electrons. The van der Waals surface area contributed by atoms with Crippen molar-refractivity contribution in [1.82, 2.24) is 15.5 Å². The Labute approximate surface area is 118 Å². The van der Waals surface area contributed by atoms with Crippen LogP contribution in [0.15, 0.2) is 28.8 Å². The maximum absolute atomic E-state index is 5.95. The average molecular weight is 280 g/mol. The molecule has 2 rings (SSSR count). The number of benzene rings is 1. The maximum Gasteiger partial charge on any atom is 0.228 e. The van der Waals surface area contributed by atoms with E-state index in [-0.39, 0.29) is 0 Å². The van der Waals surface area contributed by atoms with Crippen LogP contribution in [0, 0.1) is 0 Å². The van der Waals surface area contributed by atoms with Gasteiger partial charge in [0, 0.05) is 23.9 Å². The van der Waals surface area contributed by atoms with Gasteiger partial charge in [-0.15, -0.1) is 0 Å². The number of halogens is 1. The Bertz CT molecular complexity index is 523. The van der Waals surface area contributed by atoms with E-state index < -0.39 is 0 Å². The van der Waals surface area contributed by atoms with Crippen molar-refractivity contribution in [3.8, 4) is 0 Å². The highest BCUT2D eigenvalue weighted by Gasteiger charge is 2.12. The topological polar surface area (TPSA) is 51.0 Å². The summed E-state index contributed by atoms with van der Waals surface area (Å²) in [5, 5.41) is 7.95. The number of nitrogens with one attached hydrogen (secondary N) is 1. The van der Waals surface area contributed by atoms with Crippen molar-refractivity contribution < 1.29 is 4.52 Å². The van der Waals surface area contributed by atoms with Gasteiger partial charge in [0.2, 0.25) is 5.89 Å². The van der Waals surface area contributed by atoms with Gasteiger partial charge in [0.15, 0.2) is 5.82 Å². The molecule has 1 unspecified atom stereocenters. The third-order valence-corrected chi connectivity index (χ3v) is 3.32. The first-order chi connectivity index (χ1) is 9.21. The van der Waals surface area contributed by atoms with Crippen LogP contribution in [-0.4, -0.2) is 23.2 Å². The summed E-state index contributed by atoms with van der Waals surface area (Å²) in [5.41, 5.74) is 1.08. The molecule has 1 N–H and O–H groups in total. The zero-order chi connectivity index (χ0) is 13.7. The summed E-state index contributed by atoms with van der Waals surface area (Å²) in [4.78, 5) is 4.41.